The van der Waals surface area contributed by atoms with Gasteiger partial charge in [-0.25, -0.2) is 14.6 Å². The number of hydrogen-bond donors (Lipinski definition) is 2. The molecule has 2 N–H and O–H groups in total. The zero-order chi connectivity index (χ0) is 15.2. The van der Waals surface area contributed by atoms with Crippen molar-refractivity contribution in [3.05, 3.63) is 63.9 Å². The lowest BCUT2D eigenvalue weighted by Gasteiger charge is -2.05. The average molecular weight is 326 g/mol. The van der Waals surface area contributed by atoms with E-state index in [-0.39, 0.29) is 5.02 Å². The van der Waals surface area contributed by atoms with Crippen LogP contribution in [0.25, 0.3) is 0 Å². The fourth-order valence-corrected chi connectivity index (χ4v) is 1.84. The first-order valence-corrected chi connectivity index (χ1v) is 6.61. The molecule has 0 spiro atoms. The van der Waals surface area contributed by atoms with Crippen LogP contribution < -0.4 is 10.7 Å². The van der Waals surface area contributed by atoms with E-state index in [2.05, 4.69) is 15.8 Å². The summed E-state index contributed by atoms with van der Waals surface area (Å²) in [6.07, 6.45) is 1.42. The number of nitrogens with one attached hydrogen (secondary N) is 2. The van der Waals surface area contributed by atoms with Gasteiger partial charge in [-0.05, 0) is 24.3 Å². The molecule has 108 valence electrons. The third-order valence-corrected chi connectivity index (χ3v) is 3.09. The quantitative estimate of drug-likeness (QED) is 0.642. The Morgan fingerprint density at radius 1 is 1.14 bits per heavy atom. The standard InChI is InChI=1S/C14H10Cl2FN3O/c15-11-4-2-1-3-9(11)8-18-20-14(21)19-10-5-6-13(17)12(16)7-10/h1-8H,(H2,19,20,21)/b18-8+. The summed E-state index contributed by atoms with van der Waals surface area (Å²) in [6, 6.07) is 10.3. The molecule has 2 rings (SSSR count). The Morgan fingerprint density at radius 2 is 1.90 bits per heavy atom. The Bertz CT molecular complexity index is 692. The molecule has 0 aliphatic carbocycles. The topological polar surface area (TPSA) is 53.5 Å². The number of amides is 2. The molecule has 4 nitrogen and oxygen atoms in total. The van der Waals surface area contributed by atoms with Crippen LogP contribution in [0.2, 0.25) is 10.0 Å². The molecule has 0 fully saturated rings. The molecular weight excluding hydrogens is 316 g/mol. The molecule has 0 saturated heterocycles. The van der Waals surface area contributed by atoms with Gasteiger partial charge in [0.2, 0.25) is 0 Å². The number of halogens is 3. The molecular formula is C14H10Cl2FN3O. The van der Waals surface area contributed by atoms with Crippen LogP contribution in [-0.2, 0) is 0 Å². The highest BCUT2D eigenvalue weighted by Crippen LogP contribution is 2.19. The average Bonchev–Trinajstić information content (AvgIpc) is 2.45. The van der Waals surface area contributed by atoms with E-state index in [0.29, 0.717) is 16.3 Å². The summed E-state index contributed by atoms with van der Waals surface area (Å²) >= 11 is 11.5. The first-order valence-electron chi connectivity index (χ1n) is 5.86. The van der Waals surface area contributed by atoms with Crippen LogP contribution in [0.1, 0.15) is 5.56 Å². The largest absolute Gasteiger partial charge is 0.339 e. The van der Waals surface area contributed by atoms with Gasteiger partial charge in [0.05, 0.1) is 11.2 Å². The Kier molecular flexibility index (Phi) is 5.14. The van der Waals surface area contributed by atoms with Crippen LogP contribution in [0.4, 0.5) is 14.9 Å². The van der Waals surface area contributed by atoms with Crippen molar-refractivity contribution < 1.29 is 9.18 Å². The van der Waals surface area contributed by atoms with Crippen LogP contribution >= 0.6 is 23.2 Å². The smallest absolute Gasteiger partial charge is 0.306 e. The summed E-state index contributed by atoms with van der Waals surface area (Å²) in [6.45, 7) is 0. The number of carbonyl (C=O) groups is 1. The van der Waals surface area contributed by atoms with Gasteiger partial charge in [-0.2, -0.15) is 5.10 Å². The summed E-state index contributed by atoms with van der Waals surface area (Å²) in [4.78, 5) is 11.6. The Balaban J connectivity index is 1.93. The molecule has 7 heteroatoms. The molecule has 0 bridgehead atoms. The van der Waals surface area contributed by atoms with Gasteiger partial charge < -0.3 is 5.32 Å². The molecule has 0 saturated carbocycles. The number of benzene rings is 2. The van der Waals surface area contributed by atoms with Crippen molar-refractivity contribution in [1.29, 1.82) is 0 Å². The number of hydrazone groups is 1. The molecule has 0 heterocycles. The second-order valence-electron chi connectivity index (χ2n) is 3.97. The van der Waals surface area contributed by atoms with Crippen molar-refractivity contribution in [3.63, 3.8) is 0 Å². The van der Waals surface area contributed by atoms with Crippen molar-refractivity contribution in [2.75, 3.05) is 5.32 Å². The van der Waals surface area contributed by atoms with Crippen LogP contribution in [0, 0.1) is 5.82 Å². The number of nitrogens with zero attached hydrogens (tertiary/aromatic N) is 1. The highest BCUT2D eigenvalue weighted by atomic mass is 35.5. The fraction of sp³-hybridized carbons (Fsp3) is 0. The van der Waals surface area contributed by atoms with E-state index in [9.17, 15) is 9.18 Å². The monoisotopic (exact) mass is 325 g/mol. The number of hydrogen-bond acceptors (Lipinski definition) is 2. The molecule has 0 aliphatic heterocycles. The van der Waals surface area contributed by atoms with Gasteiger partial charge >= 0.3 is 6.03 Å². The maximum atomic E-state index is 13.0. The Morgan fingerprint density at radius 3 is 2.62 bits per heavy atom. The lowest BCUT2D eigenvalue weighted by atomic mass is 10.2. The molecule has 0 aromatic heterocycles. The zero-order valence-corrected chi connectivity index (χ0v) is 12.1. The molecule has 21 heavy (non-hydrogen) atoms. The summed E-state index contributed by atoms with van der Waals surface area (Å²) in [5.74, 6) is -0.556. The predicted molar refractivity (Wildman–Crippen MR) is 82.6 cm³/mol. The van der Waals surface area contributed by atoms with Gasteiger partial charge in [-0.3, -0.25) is 0 Å². The second-order valence-corrected chi connectivity index (χ2v) is 4.79. The third-order valence-electron chi connectivity index (χ3n) is 2.45. The van der Waals surface area contributed by atoms with E-state index in [4.69, 9.17) is 23.2 Å². The minimum Gasteiger partial charge on any atom is -0.306 e. The number of carbonyl (C=O) groups excluding carboxylic acids is 1. The van der Waals surface area contributed by atoms with Gasteiger partial charge in [0.25, 0.3) is 0 Å². The lowest BCUT2D eigenvalue weighted by molar-refractivity contribution is 0.252. The van der Waals surface area contributed by atoms with E-state index in [1.807, 2.05) is 0 Å². The molecule has 2 amide bonds. The van der Waals surface area contributed by atoms with Crippen LogP contribution in [0.3, 0.4) is 0 Å². The van der Waals surface area contributed by atoms with Crippen molar-refractivity contribution in [3.8, 4) is 0 Å². The Labute approximate surface area is 130 Å². The summed E-state index contributed by atoms with van der Waals surface area (Å²) in [7, 11) is 0. The van der Waals surface area contributed by atoms with Crippen LogP contribution in [0.15, 0.2) is 47.6 Å². The number of rotatable bonds is 3. The van der Waals surface area contributed by atoms with E-state index >= 15 is 0 Å². The minimum absolute atomic E-state index is 0.0765. The van der Waals surface area contributed by atoms with Gasteiger partial charge in [-0.1, -0.05) is 41.4 Å². The van der Waals surface area contributed by atoms with Gasteiger partial charge in [0.1, 0.15) is 5.82 Å². The third kappa shape index (κ3) is 4.44. The predicted octanol–water partition coefficient (Wildman–Crippen LogP) is 4.29. The van der Waals surface area contributed by atoms with E-state index in [0.717, 1.165) is 6.07 Å². The van der Waals surface area contributed by atoms with Crippen molar-refractivity contribution in [2.24, 2.45) is 5.10 Å². The highest BCUT2D eigenvalue weighted by molar-refractivity contribution is 6.33. The molecule has 0 unspecified atom stereocenters. The summed E-state index contributed by atoms with van der Waals surface area (Å²) < 4.78 is 13.0. The summed E-state index contributed by atoms with van der Waals surface area (Å²) in [5.41, 5.74) is 3.29. The molecule has 0 radical (unpaired) electrons. The lowest BCUT2D eigenvalue weighted by Crippen LogP contribution is -2.24. The molecule has 2 aromatic carbocycles. The van der Waals surface area contributed by atoms with Crippen LogP contribution in [-0.4, -0.2) is 12.2 Å². The molecule has 0 atom stereocenters. The van der Waals surface area contributed by atoms with E-state index in [1.54, 1.807) is 24.3 Å². The van der Waals surface area contributed by atoms with Crippen molar-refractivity contribution in [2.45, 2.75) is 0 Å². The number of urea groups is 1. The first-order chi connectivity index (χ1) is 10.1. The van der Waals surface area contributed by atoms with Crippen LogP contribution in [0.5, 0.6) is 0 Å². The first kappa shape index (κ1) is 15.3. The maximum Gasteiger partial charge on any atom is 0.339 e. The molecule has 0 aliphatic rings. The van der Waals surface area contributed by atoms with E-state index < -0.39 is 11.8 Å². The Hall–Kier alpha value is -2.11. The highest BCUT2D eigenvalue weighted by Gasteiger charge is 2.04. The zero-order valence-electron chi connectivity index (χ0n) is 10.6. The second kappa shape index (κ2) is 7.06. The number of anilines is 1. The normalized spacial score (nSPS) is 10.6. The van der Waals surface area contributed by atoms with Crippen molar-refractivity contribution >= 4 is 41.1 Å². The SMILES string of the molecule is O=C(N/N=C/c1ccccc1Cl)Nc1ccc(F)c(Cl)c1. The minimum atomic E-state index is -0.582. The fourth-order valence-electron chi connectivity index (χ4n) is 1.47. The van der Waals surface area contributed by atoms with Crippen molar-refractivity contribution in [1.82, 2.24) is 5.43 Å². The maximum absolute atomic E-state index is 13.0. The van der Waals surface area contributed by atoms with Gasteiger partial charge in [0.15, 0.2) is 0 Å². The van der Waals surface area contributed by atoms with Gasteiger partial charge in [-0.15, -0.1) is 0 Å². The van der Waals surface area contributed by atoms with E-state index in [1.165, 1.54) is 18.3 Å². The summed E-state index contributed by atoms with van der Waals surface area (Å²) in [5, 5.41) is 6.67. The molecule has 2 aromatic rings. The van der Waals surface area contributed by atoms with Gasteiger partial charge in [0, 0.05) is 16.3 Å².